The van der Waals surface area contributed by atoms with Gasteiger partial charge in [-0.3, -0.25) is 0 Å². The lowest BCUT2D eigenvalue weighted by Gasteiger charge is -2.31. The molecule has 1 N–H and O–H groups in total. The van der Waals surface area contributed by atoms with Crippen LogP contribution in [0.2, 0.25) is 0 Å². The molecule has 3 atom stereocenters. The van der Waals surface area contributed by atoms with E-state index in [1.54, 1.807) is 0 Å². The van der Waals surface area contributed by atoms with Gasteiger partial charge in [0.05, 0.1) is 12.7 Å². The summed E-state index contributed by atoms with van der Waals surface area (Å²) in [6, 6.07) is 6.23. The summed E-state index contributed by atoms with van der Waals surface area (Å²) in [4.78, 5) is 0. The van der Waals surface area contributed by atoms with Crippen molar-refractivity contribution in [2.24, 2.45) is 5.92 Å². The molecule has 1 fully saturated rings. The number of ether oxygens (including phenoxy) is 1. The van der Waals surface area contributed by atoms with Crippen molar-refractivity contribution in [3.8, 4) is 0 Å². The van der Waals surface area contributed by atoms with Crippen molar-refractivity contribution in [1.29, 1.82) is 0 Å². The Labute approximate surface area is 123 Å². The molecule has 3 unspecified atom stereocenters. The lowest BCUT2D eigenvalue weighted by Crippen LogP contribution is -2.29. The summed E-state index contributed by atoms with van der Waals surface area (Å²) in [7, 11) is 0. The summed E-state index contributed by atoms with van der Waals surface area (Å²) in [5, 5.41) is 10.4. The Balaban J connectivity index is 1.94. The number of aliphatic hydroxyl groups is 1. The molecular weight excluding hydrogens is 248 g/mol. The maximum atomic E-state index is 10.4. The van der Waals surface area contributed by atoms with Gasteiger partial charge in [-0.25, -0.2) is 0 Å². The van der Waals surface area contributed by atoms with E-state index in [0.29, 0.717) is 18.6 Å². The van der Waals surface area contributed by atoms with Crippen LogP contribution in [-0.2, 0) is 4.74 Å². The maximum absolute atomic E-state index is 10.4. The van der Waals surface area contributed by atoms with E-state index in [-0.39, 0.29) is 0 Å². The number of rotatable bonds is 5. The van der Waals surface area contributed by atoms with Crippen molar-refractivity contribution in [2.75, 3.05) is 6.61 Å². The minimum atomic E-state index is -0.505. The highest BCUT2D eigenvalue weighted by molar-refractivity contribution is 5.32. The maximum Gasteiger partial charge on any atom is 0.103 e. The molecule has 0 amide bonds. The van der Waals surface area contributed by atoms with Crippen LogP contribution in [0.4, 0.5) is 0 Å². The van der Waals surface area contributed by atoms with E-state index >= 15 is 0 Å². The minimum Gasteiger partial charge on any atom is -0.386 e. The van der Waals surface area contributed by atoms with Gasteiger partial charge in [-0.05, 0) is 43.7 Å². The van der Waals surface area contributed by atoms with Crippen LogP contribution in [0.5, 0.6) is 0 Å². The normalized spacial score (nSPS) is 24.6. The van der Waals surface area contributed by atoms with Gasteiger partial charge in [0.15, 0.2) is 0 Å². The smallest absolute Gasteiger partial charge is 0.103 e. The Hall–Kier alpha value is -0.860. The first-order valence-corrected chi connectivity index (χ1v) is 7.98. The van der Waals surface area contributed by atoms with Gasteiger partial charge in [-0.1, -0.05) is 49.9 Å². The zero-order valence-corrected chi connectivity index (χ0v) is 13.1. The number of hydrogen-bond acceptors (Lipinski definition) is 2. The fourth-order valence-electron chi connectivity index (χ4n) is 3.28. The highest BCUT2D eigenvalue weighted by Gasteiger charge is 2.25. The predicted octanol–water partition coefficient (Wildman–Crippen LogP) is 4.32. The average molecular weight is 276 g/mol. The molecule has 2 rings (SSSR count). The van der Waals surface area contributed by atoms with Crippen molar-refractivity contribution in [1.82, 2.24) is 0 Å². The average Bonchev–Trinajstić information content (AvgIpc) is 2.47. The van der Waals surface area contributed by atoms with E-state index in [4.69, 9.17) is 4.74 Å². The summed E-state index contributed by atoms with van der Waals surface area (Å²) >= 11 is 0. The zero-order valence-electron chi connectivity index (χ0n) is 13.1. The second kappa shape index (κ2) is 7.24. The molecule has 1 aliphatic rings. The molecular formula is C18H28O2. The van der Waals surface area contributed by atoms with Crippen LogP contribution in [0.3, 0.4) is 0 Å². The van der Waals surface area contributed by atoms with E-state index < -0.39 is 6.10 Å². The molecule has 0 saturated heterocycles. The lowest BCUT2D eigenvalue weighted by atomic mass is 9.85. The summed E-state index contributed by atoms with van der Waals surface area (Å²) in [6.07, 6.45) is 6.05. The molecule has 20 heavy (non-hydrogen) atoms. The van der Waals surface area contributed by atoms with Gasteiger partial charge >= 0.3 is 0 Å². The van der Waals surface area contributed by atoms with Gasteiger partial charge in [0.1, 0.15) is 6.10 Å². The van der Waals surface area contributed by atoms with Crippen molar-refractivity contribution >= 4 is 0 Å². The molecule has 0 heterocycles. The highest BCUT2D eigenvalue weighted by atomic mass is 16.5. The molecule has 2 nitrogen and oxygen atoms in total. The standard InChI is InChI=1S/C18H28O2/c1-4-15-7-5-6-8-18(15)20-12-17(19)16-11-13(2)9-10-14(16)3/h9-11,15,17-19H,4-8,12H2,1-3H3. The van der Waals surface area contributed by atoms with E-state index in [0.717, 1.165) is 17.5 Å². The molecule has 0 spiro atoms. The fourth-order valence-corrected chi connectivity index (χ4v) is 3.28. The third kappa shape index (κ3) is 3.83. The van der Waals surface area contributed by atoms with Crippen LogP contribution < -0.4 is 0 Å². The van der Waals surface area contributed by atoms with Crippen LogP contribution in [0, 0.1) is 19.8 Å². The third-order valence-electron chi connectivity index (χ3n) is 4.63. The van der Waals surface area contributed by atoms with E-state index in [9.17, 15) is 5.11 Å². The number of aryl methyl sites for hydroxylation is 2. The molecule has 2 heteroatoms. The topological polar surface area (TPSA) is 29.5 Å². The van der Waals surface area contributed by atoms with Crippen LogP contribution >= 0.6 is 0 Å². The van der Waals surface area contributed by atoms with E-state index in [2.05, 4.69) is 32.0 Å². The molecule has 1 aromatic rings. The molecule has 1 saturated carbocycles. The Kier molecular flexibility index (Phi) is 5.62. The van der Waals surface area contributed by atoms with Crippen molar-refractivity contribution in [2.45, 2.75) is 65.1 Å². The quantitative estimate of drug-likeness (QED) is 0.867. The second-order valence-electron chi connectivity index (χ2n) is 6.20. The monoisotopic (exact) mass is 276 g/mol. The Bertz CT molecular complexity index is 427. The third-order valence-corrected chi connectivity index (χ3v) is 4.63. The SMILES string of the molecule is CCC1CCCCC1OCC(O)c1cc(C)ccc1C. The summed E-state index contributed by atoms with van der Waals surface area (Å²) < 4.78 is 6.05. The molecule has 0 radical (unpaired) electrons. The fraction of sp³-hybridized carbons (Fsp3) is 0.667. The summed E-state index contributed by atoms with van der Waals surface area (Å²) in [6.45, 7) is 6.77. The molecule has 1 aliphatic carbocycles. The van der Waals surface area contributed by atoms with Gasteiger partial charge in [-0.2, -0.15) is 0 Å². The van der Waals surface area contributed by atoms with Crippen molar-refractivity contribution < 1.29 is 9.84 Å². The van der Waals surface area contributed by atoms with Gasteiger partial charge < -0.3 is 9.84 Å². The van der Waals surface area contributed by atoms with Crippen LogP contribution in [-0.4, -0.2) is 17.8 Å². The Morgan fingerprint density at radius 3 is 2.75 bits per heavy atom. The largest absolute Gasteiger partial charge is 0.386 e. The van der Waals surface area contributed by atoms with Gasteiger partial charge in [0, 0.05) is 0 Å². The predicted molar refractivity (Wildman–Crippen MR) is 82.9 cm³/mol. The van der Waals surface area contributed by atoms with Crippen molar-refractivity contribution in [3.05, 3.63) is 34.9 Å². The summed E-state index contributed by atoms with van der Waals surface area (Å²) in [5.41, 5.74) is 3.34. The molecule has 0 aliphatic heterocycles. The lowest BCUT2D eigenvalue weighted by molar-refractivity contribution is -0.0516. The van der Waals surface area contributed by atoms with Crippen molar-refractivity contribution in [3.63, 3.8) is 0 Å². The van der Waals surface area contributed by atoms with Crippen LogP contribution in [0.15, 0.2) is 18.2 Å². The highest BCUT2D eigenvalue weighted by Crippen LogP contribution is 2.30. The molecule has 112 valence electrons. The Morgan fingerprint density at radius 1 is 1.25 bits per heavy atom. The number of hydrogen-bond donors (Lipinski definition) is 1. The number of aliphatic hydroxyl groups excluding tert-OH is 1. The van der Waals surface area contributed by atoms with Crippen LogP contribution in [0.1, 0.15) is 61.8 Å². The number of benzene rings is 1. The minimum absolute atomic E-state index is 0.341. The second-order valence-corrected chi connectivity index (χ2v) is 6.20. The van der Waals surface area contributed by atoms with Gasteiger partial charge in [-0.15, -0.1) is 0 Å². The van der Waals surface area contributed by atoms with Gasteiger partial charge in [0.25, 0.3) is 0 Å². The first kappa shape index (κ1) is 15.5. The van der Waals surface area contributed by atoms with Gasteiger partial charge in [0.2, 0.25) is 0 Å². The first-order valence-electron chi connectivity index (χ1n) is 7.98. The van der Waals surface area contributed by atoms with E-state index in [1.165, 1.54) is 31.2 Å². The molecule has 0 bridgehead atoms. The first-order chi connectivity index (χ1) is 9.61. The molecule has 1 aromatic carbocycles. The summed E-state index contributed by atoms with van der Waals surface area (Å²) in [5.74, 6) is 0.676. The van der Waals surface area contributed by atoms with E-state index in [1.807, 2.05) is 6.92 Å². The Morgan fingerprint density at radius 2 is 2.00 bits per heavy atom. The molecule has 0 aromatic heterocycles. The zero-order chi connectivity index (χ0) is 14.5. The van der Waals surface area contributed by atoms with Crippen LogP contribution in [0.25, 0.3) is 0 Å².